The molecule has 16 heavy (non-hydrogen) atoms. The number of fused-ring (bicyclic) bond motifs is 3. The number of H-pyrrole nitrogens is 1. The van der Waals surface area contributed by atoms with E-state index in [1.54, 1.807) is 12.4 Å². The van der Waals surface area contributed by atoms with Crippen molar-refractivity contribution in [2.45, 2.75) is 0 Å². The molecule has 0 bridgehead atoms. The Balaban J connectivity index is 2.41. The van der Waals surface area contributed by atoms with Crippen LogP contribution >= 0.6 is 0 Å². The fraction of sp³-hybridized carbons (Fsp3) is 0.0909. The molecule has 0 saturated carbocycles. The molecule has 1 aliphatic rings. The van der Waals surface area contributed by atoms with Crippen LogP contribution in [0.3, 0.4) is 0 Å². The zero-order chi connectivity index (χ0) is 11.3. The molecule has 0 spiro atoms. The fourth-order valence-electron chi connectivity index (χ4n) is 1.94. The summed E-state index contributed by atoms with van der Waals surface area (Å²) in [6.45, 7) is 3.80. The van der Waals surface area contributed by atoms with E-state index in [4.69, 9.17) is 0 Å². The maximum Gasteiger partial charge on any atom is 0.260 e. The number of aromatic amines is 1. The average molecular weight is 214 g/mol. The number of nitrogens with one attached hydrogen (secondary N) is 2. The van der Waals surface area contributed by atoms with E-state index < -0.39 is 0 Å². The molecule has 0 atom stereocenters. The molecule has 0 saturated heterocycles. The van der Waals surface area contributed by atoms with Gasteiger partial charge in [0.1, 0.15) is 11.5 Å². The number of pyridine rings is 1. The number of rotatable bonds is 0. The lowest BCUT2D eigenvalue weighted by Crippen LogP contribution is -2.38. The van der Waals surface area contributed by atoms with Gasteiger partial charge in [0.15, 0.2) is 0 Å². The van der Waals surface area contributed by atoms with Crippen LogP contribution in [0.15, 0.2) is 30.9 Å². The molecule has 0 aromatic carbocycles. The Morgan fingerprint density at radius 1 is 1.50 bits per heavy atom. The van der Waals surface area contributed by atoms with Gasteiger partial charge >= 0.3 is 0 Å². The SMILES string of the molecule is C=C1NC(=O)c2cnc3[nH]ccc3c2N1C. The van der Waals surface area contributed by atoms with Crippen LogP contribution in [-0.4, -0.2) is 22.9 Å². The molecule has 0 fully saturated rings. The molecular weight excluding hydrogens is 204 g/mol. The molecule has 5 nitrogen and oxygen atoms in total. The Hall–Kier alpha value is -2.30. The number of amides is 1. The summed E-state index contributed by atoms with van der Waals surface area (Å²) < 4.78 is 0. The Kier molecular flexibility index (Phi) is 1.60. The van der Waals surface area contributed by atoms with Gasteiger partial charge in [-0.15, -0.1) is 0 Å². The van der Waals surface area contributed by atoms with Crippen LogP contribution in [0.5, 0.6) is 0 Å². The molecule has 3 rings (SSSR count). The normalized spacial score (nSPS) is 15.2. The molecule has 2 aromatic heterocycles. The van der Waals surface area contributed by atoms with E-state index in [1.807, 2.05) is 18.0 Å². The lowest BCUT2D eigenvalue weighted by Gasteiger charge is -2.29. The minimum Gasteiger partial charge on any atom is -0.346 e. The highest BCUT2D eigenvalue weighted by Crippen LogP contribution is 2.32. The van der Waals surface area contributed by atoms with Gasteiger partial charge in [-0.25, -0.2) is 4.98 Å². The third-order valence-electron chi connectivity index (χ3n) is 2.80. The van der Waals surface area contributed by atoms with Gasteiger partial charge in [0.2, 0.25) is 0 Å². The van der Waals surface area contributed by atoms with Gasteiger partial charge in [-0.05, 0) is 6.07 Å². The molecule has 1 aliphatic heterocycles. The quantitative estimate of drug-likeness (QED) is 0.693. The van der Waals surface area contributed by atoms with Crippen LogP contribution in [0.1, 0.15) is 10.4 Å². The second-order valence-electron chi connectivity index (χ2n) is 3.72. The van der Waals surface area contributed by atoms with Crippen LogP contribution < -0.4 is 10.2 Å². The number of carbonyl (C=O) groups excluding carboxylic acids is 1. The Labute approximate surface area is 91.8 Å². The number of hydrogen-bond donors (Lipinski definition) is 2. The molecule has 2 aromatic rings. The second-order valence-corrected chi connectivity index (χ2v) is 3.72. The average Bonchev–Trinajstić information content (AvgIpc) is 2.72. The van der Waals surface area contributed by atoms with Gasteiger partial charge in [-0.3, -0.25) is 4.79 Å². The fourth-order valence-corrected chi connectivity index (χ4v) is 1.94. The maximum absolute atomic E-state index is 11.8. The highest BCUT2D eigenvalue weighted by molar-refractivity contribution is 6.10. The zero-order valence-electron chi connectivity index (χ0n) is 8.74. The van der Waals surface area contributed by atoms with Crippen LogP contribution in [0.25, 0.3) is 11.0 Å². The summed E-state index contributed by atoms with van der Waals surface area (Å²) in [6, 6.07) is 1.91. The summed E-state index contributed by atoms with van der Waals surface area (Å²) in [6.07, 6.45) is 3.38. The number of hydrogen-bond acceptors (Lipinski definition) is 3. The maximum atomic E-state index is 11.8. The molecule has 0 aliphatic carbocycles. The lowest BCUT2D eigenvalue weighted by molar-refractivity contribution is 0.0961. The number of aromatic nitrogens is 2. The van der Waals surface area contributed by atoms with Crippen molar-refractivity contribution < 1.29 is 4.79 Å². The summed E-state index contributed by atoms with van der Waals surface area (Å²) >= 11 is 0. The van der Waals surface area contributed by atoms with Crippen LogP contribution in [0.2, 0.25) is 0 Å². The first kappa shape index (κ1) is 8.96. The number of anilines is 1. The molecule has 2 N–H and O–H groups in total. The van der Waals surface area contributed by atoms with Crippen molar-refractivity contribution in [1.29, 1.82) is 0 Å². The van der Waals surface area contributed by atoms with E-state index in [-0.39, 0.29) is 5.91 Å². The number of carbonyl (C=O) groups is 1. The van der Waals surface area contributed by atoms with Crippen LogP contribution in [0.4, 0.5) is 5.69 Å². The molecule has 0 radical (unpaired) electrons. The Bertz CT molecular complexity index is 613. The topological polar surface area (TPSA) is 61.0 Å². The summed E-state index contributed by atoms with van der Waals surface area (Å²) in [4.78, 5) is 20.8. The highest BCUT2D eigenvalue weighted by Gasteiger charge is 2.25. The number of nitrogens with zero attached hydrogens (tertiary/aromatic N) is 2. The third kappa shape index (κ3) is 0.995. The predicted molar refractivity (Wildman–Crippen MR) is 61.1 cm³/mol. The largest absolute Gasteiger partial charge is 0.346 e. The van der Waals surface area contributed by atoms with Crippen molar-refractivity contribution in [1.82, 2.24) is 15.3 Å². The van der Waals surface area contributed by atoms with E-state index in [1.165, 1.54) is 0 Å². The van der Waals surface area contributed by atoms with E-state index in [0.29, 0.717) is 11.4 Å². The highest BCUT2D eigenvalue weighted by atomic mass is 16.2. The predicted octanol–water partition coefficient (Wildman–Crippen LogP) is 1.21. The van der Waals surface area contributed by atoms with Crippen LogP contribution in [0, 0.1) is 0 Å². The minimum atomic E-state index is -0.159. The molecule has 5 heteroatoms. The Morgan fingerprint density at radius 3 is 3.12 bits per heavy atom. The smallest absolute Gasteiger partial charge is 0.260 e. The van der Waals surface area contributed by atoms with E-state index >= 15 is 0 Å². The van der Waals surface area contributed by atoms with Gasteiger partial charge in [0.25, 0.3) is 5.91 Å². The first-order valence-electron chi connectivity index (χ1n) is 4.88. The van der Waals surface area contributed by atoms with Crippen molar-refractivity contribution in [3.05, 3.63) is 36.4 Å². The summed E-state index contributed by atoms with van der Waals surface area (Å²) in [5.74, 6) is 0.417. The minimum absolute atomic E-state index is 0.159. The van der Waals surface area contributed by atoms with Crippen molar-refractivity contribution in [2.75, 3.05) is 11.9 Å². The first-order valence-corrected chi connectivity index (χ1v) is 4.88. The van der Waals surface area contributed by atoms with E-state index in [2.05, 4.69) is 21.9 Å². The lowest BCUT2D eigenvalue weighted by atomic mass is 10.1. The van der Waals surface area contributed by atoms with Gasteiger partial charge in [-0.2, -0.15) is 0 Å². The van der Waals surface area contributed by atoms with Gasteiger partial charge < -0.3 is 15.2 Å². The first-order chi connectivity index (χ1) is 7.68. The standard InChI is InChI=1S/C11H10N4O/c1-6-14-11(16)8-5-13-10-7(3-4-12-10)9(8)15(6)2/h3-5H,1H2,2H3,(H,12,13)(H,14,16). The van der Waals surface area contributed by atoms with Gasteiger partial charge in [0.05, 0.1) is 11.3 Å². The summed E-state index contributed by atoms with van der Waals surface area (Å²) in [7, 11) is 1.87. The van der Waals surface area contributed by atoms with Crippen molar-refractivity contribution in [2.24, 2.45) is 0 Å². The monoisotopic (exact) mass is 214 g/mol. The van der Waals surface area contributed by atoms with Crippen LogP contribution in [-0.2, 0) is 0 Å². The molecule has 1 amide bonds. The van der Waals surface area contributed by atoms with Crippen molar-refractivity contribution in [3.63, 3.8) is 0 Å². The second kappa shape index (κ2) is 2.85. The molecule has 0 unspecified atom stereocenters. The van der Waals surface area contributed by atoms with E-state index in [0.717, 1.165) is 16.7 Å². The van der Waals surface area contributed by atoms with Crippen molar-refractivity contribution in [3.8, 4) is 0 Å². The molecule has 3 heterocycles. The Morgan fingerprint density at radius 2 is 2.31 bits per heavy atom. The summed E-state index contributed by atoms with van der Waals surface area (Å²) in [5, 5.41) is 3.61. The molecular formula is C11H10N4O. The summed E-state index contributed by atoms with van der Waals surface area (Å²) in [5.41, 5.74) is 2.19. The van der Waals surface area contributed by atoms with Gasteiger partial charge in [-0.1, -0.05) is 6.58 Å². The van der Waals surface area contributed by atoms with Crippen molar-refractivity contribution >= 4 is 22.6 Å². The zero-order valence-corrected chi connectivity index (χ0v) is 8.74. The van der Waals surface area contributed by atoms with E-state index in [9.17, 15) is 4.79 Å². The van der Waals surface area contributed by atoms with Gasteiger partial charge in [0, 0.05) is 24.8 Å². The third-order valence-corrected chi connectivity index (χ3v) is 2.80. The molecule has 80 valence electrons.